The summed E-state index contributed by atoms with van der Waals surface area (Å²) in [5, 5.41) is 2.91. The van der Waals surface area contributed by atoms with Gasteiger partial charge in [-0.25, -0.2) is 8.42 Å². The fourth-order valence-corrected chi connectivity index (χ4v) is 5.39. The Morgan fingerprint density at radius 1 is 0.938 bits per heavy atom. The van der Waals surface area contributed by atoms with Crippen molar-refractivity contribution in [2.45, 2.75) is 15.5 Å². The van der Waals surface area contributed by atoms with Crippen LogP contribution in [-0.4, -0.2) is 39.9 Å². The van der Waals surface area contributed by atoms with Crippen LogP contribution < -0.4 is 9.62 Å². The molecule has 1 N–H and O–H groups in total. The van der Waals surface area contributed by atoms with Crippen LogP contribution in [0.25, 0.3) is 0 Å². The minimum Gasteiger partial charge on any atom is -0.351 e. The Balaban J connectivity index is 1.53. The maximum Gasteiger partial charge on any atom is 0.264 e. The zero-order valence-electron chi connectivity index (χ0n) is 18.0. The summed E-state index contributed by atoms with van der Waals surface area (Å²) in [6.07, 6.45) is 1.94. The fraction of sp³-hybridized carbons (Fsp3) is 0.208. The molecule has 0 bridgehead atoms. The van der Waals surface area contributed by atoms with Crippen molar-refractivity contribution in [1.29, 1.82) is 0 Å². The molecule has 1 amide bonds. The molecule has 0 unspecified atom stereocenters. The van der Waals surface area contributed by atoms with E-state index < -0.39 is 10.0 Å². The van der Waals surface area contributed by atoms with E-state index in [1.807, 2.05) is 24.5 Å². The van der Waals surface area contributed by atoms with E-state index in [-0.39, 0.29) is 10.8 Å². The second-order valence-electron chi connectivity index (χ2n) is 6.99. The first-order valence-electron chi connectivity index (χ1n) is 10.0. The highest BCUT2D eigenvalue weighted by Crippen LogP contribution is 2.24. The van der Waals surface area contributed by atoms with E-state index in [9.17, 15) is 13.2 Å². The molecule has 0 saturated heterocycles. The Bertz CT molecular complexity index is 1120. The third-order valence-electron chi connectivity index (χ3n) is 4.85. The first-order chi connectivity index (χ1) is 15.4. The standard InChI is InChI=1S/C24H26N2O3S3/c1-26(32(28,29)23-14-12-22(30-2)13-15-23)21-10-8-20(9-11-21)24(27)25-16-17-31-18-19-6-4-3-5-7-19/h3-15H,16-18H2,1-2H3,(H,25,27). The van der Waals surface area contributed by atoms with Crippen molar-refractivity contribution >= 4 is 45.1 Å². The van der Waals surface area contributed by atoms with Gasteiger partial charge in [0, 0.05) is 35.6 Å². The number of nitrogens with zero attached hydrogens (tertiary/aromatic N) is 1. The molecule has 0 aliphatic carbocycles. The van der Waals surface area contributed by atoms with Gasteiger partial charge < -0.3 is 5.32 Å². The summed E-state index contributed by atoms with van der Waals surface area (Å²) < 4.78 is 27.0. The van der Waals surface area contributed by atoms with E-state index in [0.717, 1.165) is 16.4 Å². The lowest BCUT2D eigenvalue weighted by atomic mass is 10.2. The van der Waals surface area contributed by atoms with Crippen molar-refractivity contribution in [3.8, 4) is 0 Å². The first-order valence-corrected chi connectivity index (χ1v) is 13.9. The predicted molar refractivity (Wildman–Crippen MR) is 135 cm³/mol. The zero-order chi connectivity index (χ0) is 23.0. The molecule has 0 aliphatic rings. The monoisotopic (exact) mass is 486 g/mol. The third kappa shape index (κ3) is 6.31. The number of carbonyl (C=O) groups excluding carboxylic acids is 1. The molecule has 3 aromatic carbocycles. The Kier molecular flexibility index (Phi) is 8.67. The van der Waals surface area contributed by atoms with E-state index in [1.165, 1.54) is 16.9 Å². The molecule has 0 heterocycles. The van der Waals surface area contributed by atoms with Gasteiger partial charge in [-0.2, -0.15) is 11.8 Å². The van der Waals surface area contributed by atoms with Gasteiger partial charge in [0.1, 0.15) is 0 Å². The number of sulfonamides is 1. The van der Waals surface area contributed by atoms with Gasteiger partial charge in [0.2, 0.25) is 0 Å². The second-order valence-corrected chi connectivity index (χ2v) is 10.9. The summed E-state index contributed by atoms with van der Waals surface area (Å²) in [5.41, 5.74) is 2.25. The Hall–Kier alpha value is -2.42. The van der Waals surface area contributed by atoms with E-state index in [1.54, 1.807) is 72.1 Å². The van der Waals surface area contributed by atoms with Crippen LogP contribution >= 0.6 is 23.5 Å². The summed E-state index contributed by atoms with van der Waals surface area (Å²) in [4.78, 5) is 13.6. The van der Waals surface area contributed by atoms with Gasteiger partial charge in [-0.15, -0.1) is 11.8 Å². The van der Waals surface area contributed by atoms with Crippen molar-refractivity contribution in [3.05, 3.63) is 90.0 Å². The number of amides is 1. The van der Waals surface area contributed by atoms with Crippen molar-refractivity contribution in [1.82, 2.24) is 5.32 Å². The van der Waals surface area contributed by atoms with Gasteiger partial charge in [0.05, 0.1) is 10.6 Å². The lowest BCUT2D eigenvalue weighted by Gasteiger charge is -2.20. The highest BCUT2D eigenvalue weighted by molar-refractivity contribution is 7.98. The van der Waals surface area contributed by atoms with E-state index in [4.69, 9.17) is 0 Å². The molecule has 0 radical (unpaired) electrons. The highest BCUT2D eigenvalue weighted by atomic mass is 32.2. The number of hydrogen-bond donors (Lipinski definition) is 1. The van der Waals surface area contributed by atoms with E-state index in [2.05, 4.69) is 17.4 Å². The van der Waals surface area contributed by atoms with E-state index in [0.29, 0.717) is 17.8 Å². The van der Waals surface area contributed by atoms with Crippen molar-refractivity contribution in [2.24, 2.45) is 0 Å². The molecule has 3 rings (SSSR count). The van der Waals surface area contributed by atoms with Crippen LogP contribution in [0.2, 0.25) is 0 Å². The molecule has 0 atom stereocenters. The molecule has 32 heavy (non-hydrogen) atoms. The molecule has 5 nitrogen and oxygen atoms in total. The molecule has 0 aliphatic heterocycles. The zero-order valence-corrected chi connectivity index (χ0v) is 20.5. The number of benzene rings is 3. The summed E-state index contributed by atoms with van der Waals surface area (Å²) in [7, 11) is -2.16. The number of nitrogens with one attached hydrogen (secondary N) is 1. The topological polar surface area (TPSA) is 66.5 Å². The maximum absolute atomic E-state index is 12.9. The number of rotatable bonds is 10. The number of thioether (sulfide) groups is 2. The van der Waals surface area contributed by atoms with Crippen LogP contribution in [0.15, 0.2) is 88.7 Å². The minimum atomic E-state index is -3.67. The van der Waals surface area contributed by atoms with Gasteiger partial charge >= 0.3 is 0 Å². The summed E-state index contributed by atoms with van der Waals surface area (Å²) >= 11 is 3.32. The summed E-state index contributed by atoms with van der Waals surface area (Å²) in [6.45, 7) is 0.568. The molecule has 0 saturated carbocycles. The summed E-state index contributed by atoms with van der Waals surface area (Å²) in [5.74, 6) is 1.55. The average Bonchev–Trinajstić information content (AvgIpc) is 2.84. The Morgan fingerprint density at radius 2 is 1.59 bits per heavy atom. The van der Waals surface area contributed by atoms with Gasteiger partial charge in [-0.05, 0) is 60.4 Å². The SMILES string of the molecule is CSc1ccc(S(=O)(=O)N(C)c2ccc(C(=O)NCCSCc3ccccc3)cc2)cc1. The van der Waals surface area contributed by atoms with E-state index >= 15 is 0 Å². The quantitative estimate of drug-likeness (QED) is 0.326. The van der Waals surface area contributed by atoms with Crippen LogP contribution in [0, 0.1) is 0 Å². The van der Waals surface area contributed by atoms with Crippen molar-refractivity contribution in [3.63, 3.8) is 0 Å². The van der Waals surface area contributed by atoms with Crippen LogP contribution in [0.3, 0.4) is 0 Å². The summed E-state index contributed by atoms with van der Waals surface area (Å²) in [6, 6.07) is 23.6. The lowest BCUT2D eigenvalue weighted by Crippen LogP contribution is -2.27. The molecule has 0 aromatic heterocycles. The van der Waals surface area contributed by atoms with Crippen LogP contribution in [-0.2, 0) is 15.8 Å². The predicted octanol–water partition coefficient (Wildman–Crippen LogP) is 4.90. The van der Waals surface area contributed by atoms with Gasteiger partial charge in [0.15, 0.2) is 0 Å². The van der Waals surface area contributed by atoms with Crippen LogP contribution in [0.4, 0.5) is 5.69 Å². The second kappa shape index (κ2) is 11.4. The number of carbonyl (C=O) groups is 1. The van der Waals surface area contributed by atoms with Gasteiger partial charge in [-0.1, -0.05) is 30.3 Å². The fourth-order valence-electron chi connectivity index (χ4n) is 2.97. The molecule has 0 fully saturated rings. The molecule has 0 spiro atoms. The Labute approximate surface area is 198 Å². The smallest absolute Gasteiger partial charge is 0.264 e. The largest absolute Gasteiger partial charge is 0.351 e. The first kappa shape index (κ1) is 24.2. The Morgan fingerprint density at radius 3 is 2.22 bits per heavy atom. The maximum atomic E-state index is 12.9. The lowest BCUT2D eigenvalue weighted by molar-refractivity contribution is 0.0956. The van der Waals surface area contributed by atoms with Gasteiger partial charge in [0.25, 0.3) is 15.9 Å². The van der Waals surface area contributed by atoms with Crippen molar-refractivity contribution in [2.75, 3.05) is 29.9 Å². The van der Waals surface area contributed by atoms with Crippen LogP contribution in [0.1, 0.15) is 15.9 Å². The normalized spacial score (nSPS) is 11.2. The third-order valence-corrected chi connectivity index (χ3v) is 8.43. The molecule has 3 aromatic rings. The van der Waals surface area contributed by atoms with Crippen molar-refractivity contribution < 1.29 is 13.2 Å². The number of hydrogen-bond acceptors (Lipinski definition) is 5. The molecular weight excluding hydrogens is 460 g/mol. The minimum absolute atomic E-state index is 0.171. The molecular formula is C24H26N2O3S3. The molecule has 8 heteroatoms. The molecule has 168 valence electrons. The highest BCUT2D eigenvalue weighted by Gasteiger charge is 2.21. The number of anilines is 1. The van der Waals surface area contributed by atoms with Gasteiger partial charge in [-0.3, -0.25) is 9.10 Å². The van der Waals surface area contributed by atoms with Crippen LogP contribution in [0.5, 0.6) is 0 Å². The average molecular weight is 487 g/mol.